The third-order valence-electron chi connectivity index (χ3n) is 3.48. The number of hydrogen-bond donors (Lipinski definition) is 2. The first kappa shape index (κ1) is 16.9. The molecule has 2 rings (SSSR count). The van der Waals surface area contributed by atoms with Gasteiger partial charge in [0.1, 0.15) is 0 Å². The number of thiocarbonyl (C=S) groups is 1. The van der Waals surface area contributed by atoms with E-state index in [0.717, 1.165) is 29.5 Å². The maximum atomic E-state index is 12.3. The lowest BCUT2D eigenvalue weighted by Crippen LogP contribution is -2.46. The number of carbonyl (C=O) groups is 1. The topological polar surface area (TPSA) is 58.4 Å². The van der Waals surface area contributed by atoms with Crippen LogP contribution < -0.4 is 11.1 Å². The van der Waals surface area contributed by atoms with Gasteiger partial charge in [0.15, 0.2) is 0 Å². The van der Waals surface area contributed by atoms with Gasteiger partial charge in [-0.2, -0.15) is 0 Å². The molecule has 0 spiro atoms. The van der Waals surface area contributed by atoms with Crippen LogP contribution in [0.3, 0.4) is 0 Å². The molecule has 1 amide bonds. The third-order valence-corrected chi connectivity index (χ3v) is 4.78. The Labute approximate surface area is 148 Å². The highest BCUT2D eigenvalue weighted by molar-refractivity contribution is 14.1. The molecule has 1 aromatic rings. The van der Waals surface area contributed by atoms with Crippen molar-refractivity contribution in [1.82, 2.24) is 10.2 Å². The van der Waals surface area contributed by atoms with Crippen LogP contribution >= 0.6 is 46.4 Å². The second-order valence-corrected chi connectivity index (χ2v) is 7.24. The van der Waals surface area contributed by atoms with Gasteiger partial charge in [0.05, 0.1) is 10.6 Å². The largest absolute Gasteiger partial charge is 0.392 e. The average molecular weight is 438 g/mol. The van der Waals surface area contributed by atoms with Crippen molar-refractivity contribution in [3.8, 4) is 0 Å². The smallest absolute Gasteiger partial charge is 0.252 e. The predicted octanol–water partition coefficient (Wildman–Crippen LogP) is 2.42. The van der Waals surface area contributed by atoms with Crippen LogP contribution in [0.4, 0.5) is 0 Å². The minimum atomic E-state index is -0.0605. The Morgan fingerprint density at radius 2 is 2.14 bits per heavy atom. The molecule has 7 heteroatoms. The highest BCUT2D eigenvalue weighted by atomic mass is 127. The molecule has 1 heterocycles. The minimum absolute atomic E-state index is 0.0605. The van der Waals surface area contributed by atoms with Crippen molar-refractivity contribution in [2.45, 2.75) is 18.9 Å². The van der Waals surface area contributed by atoms with Crippen LogP contribution in [0.2, 0.25) is 5.02 Å². The van der Waals surface area contributed by atoms with Crippen LogP contribution in [-0.2, 0) is 0 Å². The summed E-state index contributed by atoms with van der Waals surface area (Å²) < 4.78 is 0.903. The molecular formula is C14H17ClIN3OS. The zero-order valence-corrected chi connectivity index (χ0v) is 15.2. The van der Waals surface area contributed by atoms with Crippen LogP contribution in [0.5, 0.6) is 0 Å². The second-order valence-electron chi connectivity index (χ2n) is 5.11. The van der Waals surface area contributed by atoms with Gasteiger partial charge < -0.3 is 11.1 Å². The Bertz CT molecular complexity index is 547. The number of amides is 1. The Morgan fingerprint density at radius 3 is 2.76 bits per heavy atom. The van der Waals surface area contributed by atoms with Gasteiger partial charge in [0, 0.05) is 34.3 Å². The molecule has 4 nitrogen and oxygen atoms in total. The van der Waals surface area contributed by atoms with E-state index in [-0.39, 0.29) is 11.9 Å². The van der Waals surface area contributed by atoms with Crippen molar-refractivity contribution < 1.29 is 4.79 Å². The summed E-state index contributed by atoms with van der Waals surface area (Å²) >= 11 is 13.0. The third kappa shape index (κ3) is 5.05. The Balaban J connectivity index is 1.90. The summed E-state index contributed by atoms with van der Waals surface area (Å²) in [6.07, 6.45) is 1.82. The van der Waals surface area contributed by atoms with Crippen molar-refractivity contribution in [2.75, 3.05) is 19.6 Å². The van der Waals surface area contributed by atoms with Gasteiger partial charge in [0.2, 0.25) is 0 Å². The van der Waals surface area contributed by atoms with E-state index in [0.29, 0.717) is 22.1 Å². The fourth-order valence-corrected chi connectivity index (χ4v) is 3.33. The molecule has 0 radical (unpaired) electrons. The molecule has 114 valence electrons. The van der Waals surface area contributed by atoms with Gasteiger partial charge in [-0.15, -0.1) is 0 Å². The first-order valence-electron chi connectivity index (χ1n) is 6.72. The number of likely N-dealkylation sites (tertiary alicyclic amines) is 1. The Hall–Kier alpha value is -0.440. The van der Waals surface area contributed by atoms with Gasteiger partial charge in [-0.3, -0.25) is 9.69 Å². The number of carbonyl (C=O) groups excluding carboxylic acids is 1. The first-order valence-corrected chi connectivity index (χ1v) is 8.59. The number of piperidine rings is 1. The standard InChI is InChI=1S/C14H17ClIN3OS/c15-9-1-2-12(16)11(7-9)14(20)18-10-3-5-19(6-4-10)8-13(17)21/h1-2,7,10H,3-6,8H2,(H2,17,21)(H,18,20). The summed E-state index contributed by atoms with van der Waals surface area (Å²) in [5.41, 5.74) is 6.19. The summed E-state index contributed by atoms with van der Waals surface area (Å²) in [5, 5.41) is 3.66. The van der Waals surface area contributed by atoms with E-state index < -0.39 is 0 Å². The molecule has 0 aliphatic carbocycles. The van der Waals surface area contributed by atoms with E-state index in [1.807, 2.05) is 6.07 Å². The fourth-order valence-electron chi connectivity index (χ4n) is 2.39. The molecule has 0 atom stereocenters. The quantitative estimate of drug-likeness (QED) is 0.561. The minimum Gasteiger partial charge on any atom is -0.392 e. The van der Waals surface area contributed by atoms with Crippen LogP contribution in [-0.4, -0.2) is 41.5 Å². The lowest BCUT2D eigenvalue weighted by Gasteiger charge is -2.32. The molecule has 1 aliphatic heterocycles. The maximum Gasteiger partial charge on any atom is 0.252 e. The van der Waals surface area contributed by atoms with Gasteiger partial charge in [0.25, 0.3) is 5.91 Å². The van der Waals surface area contributed by atoms with Crippen LogP contribution in [0, 0.1) is 3.57 Å². The van der Waals surface area contributed by atoms with Crippen molar-refractivity contribution in [3.05, 3.63) is 32.4 Å². The Morgan fingerprint density at radius 1 is 1.48 bits per heavy atom. The lowest BCUT2D eigenvalue weighted by molar-refractivity contribution is 0.0914. The summed E-state index contributed by atoms with van der Waals surface area (Å²) in [7, 11) is 0. The summed E-state index contributed by atoms with van der Waals surface area (Å²) in [6.45, 7) is 2.45. The van der Waals surface area contributed by atoms with Crippen molar-refractivity contribution in [2.24, 2.45) is 5.73 Å². The SMILES string of the molecule is NC(=S)CN1CCC(NC(=O)c2cc(Cl)ccc2I)CC1. The molecule has 0 aromatic heterocycles. The first-order chi connectivity index (χ1) is 9.95. The predicted molar refractivity (Wildman–Crippen MR) is 97.9 cm³/mol. The molecule has 1 aromatic carbocycles. The molecule has 0 unspecified atom stereocenters. The Kier molecular flexibility index (Phi) is 6.21. The van der Waals surface area contributed by atoms with E-state index in [1.165, 1.54) is 0 Å². The number of nitrogens with zero attached hydrogens (tertiary/aromatic N) is 1. The van der Waals surface area contributed by atoms with E-state index in [1.54, 1.807) is 12.1 Å². The number of benzene rings is 1. The summed E-state index contributed by atoms with van der Waals surface area (Å²) in [4.78, 5) is 15.1. The van der Waals surface area contributed by atoms with Gasteiger partial charge in [-0.1, -0.05) is 23.8 Å². The van der Waals surface area contributed by atoms with Gasteiger partial charge >= 0.3 is 0 Å². The maximum absolute atomic E-state index is 12.3. The highest BCUT2D eigenvalue weighted by Crippen LogP contribution is 2.19. The molecule has 1 fully saturated rings. The van der Waals surface area contributed by atoms with Crippen LogP contribution in [0.15, 0.2) is 18.2 Å². The second kappa shape index (κ2) is 7.71. The summed E-state index contributed by atoms with van der Waals surface area (Å²) in [5.74, 6) is -0.0605. The van der Waals surface area contributed by atoms with Crippen LogP contribution in [0.25, 0.3) is 0 Å². The highest BCUT2D eigenvalue weighted by Gasteiger charge is 2.22. The molecule has 0 bridgehead atoms. The molecule has 3 N–H and O–H groups in total. The lowest BCUT2D eigenvalue weighted by atomic mass is 10.0. The van der Waals surface area contributed by atoms with E-state index >= 15 is 0 Å². The number of hydrogen-bond acceptors (Lipinski definition) is 3. The number of nitrogens with two attached hydrogens (primary N) is 1. The van der Waals surface area contributed by atoms with Crippen molar-refractivity contribution in [1.29, 1.82) is 0 Å². The van der Waals surface area contributed by atoms with Crippen LogP contribution in [0.1, 0.15) is 23.2 Å². The normalized spacial score (nSPS) is 16.7. The van der Waals surface area contributed by atoms with E-state index in [2.05, 4.69) is 32.8 Å². The molecule has 0 saturated carbocycles. The monoisotopic (exact) mass is 437 g/mol. The molecule has 21 heavy (non-hydrogen) atoms. The molecule has 1 aliphatic rings. The zero-order chi connectivity index (χ0) is 15.4. The fraction of sp³-hybridized carbons (Fsp3) is 0.429. The average Bonchev–Trinajstić information content (AvgIpc) is 2.43. The molecule has 1 saturated heterocycles. The van der Waals surface area contributed by atoms with Crippen molar-refractivity contribution >= 4 is 57.3 Å². The van der Waals surface area contributed by atoms with E-state index in [4.69, 9.17) is 29.6 Å². The van der Waals surface area contributed by atoms with Crippen molar-refractivity contribution in [3.63, 3.8) is 0 Å². The van der Waals surface area contributed by atoms with Gasteiger partial charge in [-0.25, -0.2) is 0 Å². The molecular weight excluding hydrogens is 421 g/mol. The number of halogens is 2. The van der Waals surface area contributed by atoms with Gasteiger partial charge in [-0.05, 0) is 53.6 Å². The number of rotatable bonds is 4. The van der Waals surface area contributed by atoms with E-state index in [9.17, 15) is 4.79 Å². The summed E-state index contributed by atoms with van der Waals surface area (Å²) in [6, 6.07) is 5.53. The zero-order valence-electron chi connectivity index (χ0n) is 11.4. The number of nitrogens with one attached hydrogen (secondary N) is 1.